The monoisotopic (exact) mass is 910 g/mol. The zero-order valence-corrected chi connectivity index (χ0v) is 40.3. The van der Waals surface area contributed by atoms with Crippen molar-refractivity contribution in [2.75, 3.05) is 47.1 Å². The highest BCUT2D eigenvalue weighted by molar-refractivity contribution is 7.10. The average molecular weight is 911 g/mol. The molecule has 8 rings (SSSR count). The minimum absolute atomic E-state index is 0.140. The van der Waals surface area contributed by atoms with Crippen LogP contribution in [-0.2, 0) is 48.0 Å². The predicted molar refractivity (Wildman–Crippen MR) is 250 cm³/mol. The van der Waals surface area contributed by atoms with Gasteiger partial charge in [0, 0.05) is 85.3 Å². The number of nitrogens with zero attached hydrogens (tertiary/aromatic N) is 7. The minimum Gasteiger partial charge on any atom is -0.464 e. The fraction of sp³-hybridized carbons (Fsp3) is 0.592. The first-order valence-corrected chi connectivity index (χ1v) is 24.3. The van der Waals surface area contributed by atoms with Gasteiger partial charge in [0.1, 0.15) is 18.1 Å². The summed E-state index contributed by atoms with van der Waals surface area (Å²) in [7, 11) is 3.39. The zero-order valence-electron chi connectivity index (χ0n) is 39.5. The van der Waals surface area contributed by atoms with E-state index in [1.807, 2.05) is 39.1 Å². The number of methoxy groups -OCH3 is 1. The van der Waals surface area contributed by atoms with Gasteiger partial charge in [0.05, 0.1) is 54.1 Å². The first-order valence-electron chi connectivity index (χ1n) is 23.4. The topological polar surface area (TPSA) is 152 Å². The molecule has 1 N–H and O–H groups in total. The maximum Gasteiger partial charge on any atom is 0.324 e. The number of thiazole rings is 1. The number of aromatic nitrogens is 3. The predicted octanol–water partition coefficient (Wildman–Crippen LogP) is 6.87. The molecule has 3 aromatic heterocycles. The quantitative estimate of drug-likeness (QED) is 0.176. The first-order chi connectivity index (χ1) is 31.1. The maximum absolute atomic E-state index is 15.2. The number of nitrogens with one attached hydrogen (secondary N) is 1. The van der Waals surface area contributed by atoms with Crippen LogP contribution >= 0.6 is 11.3 Å². The Hall–Kier alpha value is -4.90. The van der Waals surface area contributed by atoms with Crippen LogP contribution in [0.25, 0.3) is 33.4 Å². The number of morpholine rings is 1. The Kier molecular flexibility index (Phi) is 13.7. The molecule has 3 fully saturated rings. The van der Waals surface area contributed by atoms with Crippen LogP contribution in [0.4, 0.5) is 4.79 Å². The zero-order chi connectivity index (χ0) is 46.3. The van der Waals surface area contributed by atoms with Gasteiger partial charge in [0.15, 0.2) is 0 Å². The molecule has 65 heavy (non-hydrogen) atoms. The Balaban J connectivity index is 1.23. The first kappa shape index (κ1) is 46.6. The van der Waals surface area contributed by atoms with Crippen molar-refractivity contribution in [3.05, 3.63) is 58.2 Å². The van der Waals surface area contributed by atoms with E-state index in [1.54, 1.807) is 35.1 Å². The number of esters is 1. The summed E-state index contributed by atoms with van der Waals surface area (Å²) >= 11 is 1.47. The third-order valence-electron chi connectivity index (χ3n) is 13.6. The van der Waals surface area contributed by atoms with Crippen molar-refractivity contribution in [1.82, 2.24) is 39.7 Å². The largest absolute Gasteiger partial charge is 0.464 e. The molecule has 3 aliphatic heterocycles. The normalized spacial score (nSPS) is 22.6. The molecule has 5 atom stereocenters. The number of urea groups is 1. The number of ether oxygens (including phenoxy) is 3. The Labute approximate surface area is 386 Å². The third kappa shape index (κ3) is 9.41. The van der Waals surface area contributed by atoms with Gasteiger partial charge >= 0.3 is 12.0 Å². The molecule has 4 aromatic rings. The summed E-state index contributed by atoms with van der Waals surface area (Å²) in [4.78, 5) is 73.6. The van der Waals surface area contributed by atoms with Crippen LogP contribution in [0, 0.1) is 11.3 Å². The molecule has 6 bridgehead atoms. The molecule has 1 aliphatic carbocycles. The SMILES string of the molecule is CCn1c(-c2cccnc2[C@H](C)OC)c2c3cc(ccc31)-c1csc(n1)C[C@H](N(C(=O)[C@H](C(C)C)N(C)C(=O)N1CCOC[C@H]1C)C1CC1)C(=O)N1CCC[C@H](N1)C(=O)OCC(C)(C)C2. The summed E-state index contributed by atoms with van der Waals surface area (Å²) in [5, 5.41) is 5.33. The van der Waals surface area contributed by atoms with Gasteiger partial charge in [-0.3, -0.25) is 24.4 Å². The number of cyclic esters (lactones) is 1. The number of benzene rings is 1. The van der Waals surface area contributed by atoms with Crippen molar-refractivity contribution < 1.29 is 33.4 Å². The smallest absolute Gasteiger partial charge is 0.324 e. The van der Waals surface area contributed by atoms with Crippen molar-refractivity contribution in [2.45, 2.75) is 130 Å². The van der Waals surface area contributed by atoms with Gasteiger partial charge in [-0.05, 0) is 88.6 Å². The number of carbonyl (C=O) groups is 4. The van der Waals surface area contributed by atoms with Gasteiger partial charge in [-0.15, -0.1) is 11.3 Å². The molecule has 0 spiro atoms. The van der Waals surface area contributed by atoms with Crippen LogP contribution in [0.15, 0.2) is 41.9 Å². The highest BCUT2D eigenvalue weighted by atomic mass is 32.1. The van der Waals surface area contributed by atoms with Crippen molar-refractivity contribution in [2.24, 2.45) is 11.3 Å². The van der Waals surface area contributed by atoms with E-state index in [0.717, 1.165) is 57.5 Å². The highest BCUT2D eigenvalue weighted by Crippen LogP contribution is 2.42. The molecular formula is C49H66N8O7S. The summed E-state index contributed by atoms with van der Waals surface area (Å²) < 4.78 is 20.0. The number of hydrogen-bond acceptors (Lipinski definition) is 11. The number of amides is 4. The second kappa shape index (κ2) is 19.1. The van der Waals surface area contributed by atoms with Crippen LogP contribution in [0.5, 0.6) is 0 Å². The van der Waals surface area contributed by atoms with Crippen LogP contribution < -0.4 is 5.43 Å². The van der Waals surface area contributed by atoms with Gasteiger partial charge in [-0.2, -0.15) is 0 Å². The fourth-order valence-electron chi connectivity index (χ4n) is 9.98. The molecule has 4 aliphatic rings. The standard InChI is InChI=1S/C49H66N8O7S/c1-10-54-39-18-15-32-23-35(39)36(44(54)34-13-11-19-50-42(34)31(5)62-9)25-49(6,7)28-64-47(60)37-14-12-20-56(52-37)45(58)40(24-41-51-38(32)27-65-41)57(33-16-17-33)46(59)43(29(2)3)53(8)48(61)55-21-22-63-26-30(55)4/h11,13,15,18-19,23,27,29-31,33,37,40,43,52H,10,12,14,16-17,20-22,24-26,28H2,1-9H3/t30-,31+,37+,40+,43+/m1/s1. The van der Waals surface area contributed by atoms with Crippen LogP contribution in [-0.4, -0.2) is 135 Å². The van der Waals surface area contributed by atoms with E-state index in [4.69, 9.17) is 24.2 Å². The van der Waals surface area contributed by atoms with E-state index < -0.39 is 29.5 Å². The molecule has 6 heterocycles. The molecule has 15 nitrogen and oxygen atoms in total. The molecule has 350 valence electrons. The molecule has 0 radical (unpaired) electrons. The van der Waals surface area contributed by atoms with Crippen molar-refractivity contribution in [3.8, 4) is 22.5 Å². The molecule has 1 saturated carbocycles. The third-order valence-corrected chi connectivity index (χ3v) is 14.4. The van der Waals surface area contributed by atoms with E-state index in [9.17, 15) is 9.59 Å². The van der Waals surface area contributed by atoms with Crippen molar-refractivity contribution >= 4 is 46.1 Å². The second-order valence-corrected chi connectivity index (χ2v) is 20.3. The molecular weight excluding hydrogens is 845 g/mol. The number of fused-ring (bicyclic) bond motifs is 6. The summed E-state index contributed by atoms with van der Waals surface area (Å²) in [6.45, 7) is 16.7. The number of hydrazine groups is 1. The average Bonchev–Trinajstić information content (AvgIpc) is 3.94. The lowest BCUT2D eigenvalue weighted by Crippen LogP contribution is -2.64. The van der Waals surface area contributed by atoms with Crippen LogP contribution in [0.3, 0.4) is 0 Å². The van der Waals surface area contributed by atoms with E-state index in [2.05, 4.69) is 55.0 Å². The van der Waals surface area contributed by atoms with Gasteiger partial charge in [-0.25, -0.2) is 15.2 Å². The van der Waals surface area contributed by atoms with Gasteiger partial charge in [-0.1, -0.05) is 33.8 Å². The number of pyridine rings is 1. The van der Waals surface area contributed by atoms with Crippen LogP contribution in [0.2, 0.25) is 0 Å². The van der Waals surface area contributed by atoms with E-state index in [0.29, 0.717) is 57.1 Å². The van der Waals surface area contributed by atoms with Crippen molar-refractivity contribution in [3.63, 3.8) is 0 Å². The number of hydrogen-bond donors (Lipinski definition) is 1. The van der Waals surface area contributed by atoms with Gasteiger partial charge in [0.25, 0.3) is 5.91 Å². The Morgan fingerprint density at radius 2 is 1.89 bits per heavy atom. The van der Waals surface area contributed by atoms with Gasteiger partial charge < -0.3 is 33.5 Å². The lowest BCUT2D eigenvalue weighted by molar-refractivity contribution is -0.159. The van der Waals surface area contributed by atoms with E-state index in [-0.39, 0.29) is 55.0 Å². The second-order valence-electron chi connectivity index (χ2n) is 19.4. The molecule has 1 aromatic carbocycles. The van der Waals surface area contributed by atoms with Gasteiger partial charge in [0.2, 0.25) is 5.91 Å². The summed E-state index contributed by atoms with van der Waals surface area (Å²) in [5.74, 6) is -1.25. The number of rotatable bonds is 9. The van der Waals surface area contributed by atoms with E-state index >= 15 is 9.59 Å². The Bertz CT molecular complexity index is 2410. The minimum atomic E-state index is -0.945. The molecule has 2 saturated heterocycles. The molecule has 4 amide bonds. The fourth-order valence-corrected chi connectivity index (χ4v) is 10.8. The lowest BCUT2D eigenvalue weighted by atomic mass is 9.84. The summed E-state index contributed by atoms with van der Waals surface area (Å²) in [5.41, 5.74) is 9.54. The number of aryl methyl sites for hydroxylation is 1. The lowest BCUT2D eigenvalue weighted by Gasteiger charge is -2.43. The molecule has 0 unspecified atom stereocenters. The Morgan fingerprint density at radius 1 is 1.11 bits per heavy atom. The van der Waals surface area contributed by atoms with Crippen molar-refractivity contribution in [1.29, 1.82) is 0 Å². The molecule has 16 heteroatoms. The van der Waals surface area contributed by atoms with E-state index in [1.165, 1.54) is 16.3 Å². The maximum atomic E-state index is 15.2. The van der Waals surface area contributed by atoms with Crippen LogP contribution in [0.1, 0.15) is 96.5 Å². The summed E-state index contributed by atoms with van der Waals surface area (Å²) in [6, 6.07) is 7.45. The summed E-state index contributed by atoms with van der Waals surface area (Å²) in [6.07, 6.45) is 4.87. The number of likely N-dealkylation sites (N-methyl/N-ethyl adjacent to an activating group) is 1. The Morgan fingerprint density at radius 3 is 2.60 bits per heavy atom. The number of carbonyl (C=O) groups excluding carboxylic acids is 4. The highest BCUT2D eigenvalue weighted by Gasteiger charge is 2.48.